The zero-order chi connectivity index (χ0) is 13.0. The predicted octanol–water partition coefficient (Wildman–Crippen LogP) is 1.52. The SMILES string of the molecule is CCNCc1occc1CN1CCN(C)C(C)C1. The van der Waals surface area contributed by atoms with E-state index in [9.17, 15) is 0 Å². The van der Waals surface area contributed by atoms with Crippen LogP contribution in [0.3, 0.4) is 0 Å². The number of nitrogens with one attached hydrogen (secondary N) is 1. The molecule has 1 aliphatic rings. The van der Waals surface area contributed by atoms with Crippen molar-refractivity contribution < 1.29 is 4.42 Å². The summed E-state index contributed by atoms with van der Waals surface area (Å²) < 4.78 is 5.56. The highest BCUT2D eigenvalue weighted by Gasteiger charge is 2.21. The Morgan fingerprint density at radius 2 is 2.28 bits per heavy atom. The maximum Gasteiger partial charge on any atom is 0.122 e. The fourth-order valence-electron chi connectivity index (χ4n) is 2.41. The first-order chi connectivity index (χ1) is 8.70. The van der Waals surface area contributed by atoms with Gasteiger partial charge in [0.25, 0.3) is 0 Å². The molecule has 4 nitrogen and oxygen atoms in total. The lowest BCUT2D eigenvalue weighted by atomic mass is 10.1. The van der Waals surface area contributed by atoms with Crippen LogP contribution in [-0.2, 0) is 13.1 Å². The Labute approximate surface area is 110 Å². The van der Waals surface area contributed by atoms with Gasteiger partial charge in [0.2, 0.25) is 0 Å². The third-order valence-corrected chi connectivity index (χ3v) is 3.81. The molecule has 1 aliphatic heterocycles. The lowest BCUT2D eigenvalue weighted by molar-refractivity contribution is 0.0995. The molecule has 0 spiro atoms. The summed E-state index contributed by atoms with van der Waals surface area (Å²) in [5, 5.41) is 3.32. The van der Waals surface area contributed by atoms with Gasteiger partial charge >= 0.3 is 0 Å². The molecule has 1 N–H and O–H groups in total. The lowest BCUT2D eigenvalue weighted by Gasteiger charge is -2.37. The number of likely N-dealkylation sites (N-methyl/N-ethyl adjacent to an activating group) is 1. The predicted molar refractivity (Wildman–Crippen MR) is 73.5 cm³/mol. The van der Waals surface area contributed by atoms with E-state index < -0.39 is 0 Å². The summed E-state index contributed by atoms with van der Waals surface area (Å²) in [7, 11) is 2.20. The fraction of sp³-hybridized carbons (Fsp3) is 0.714. The summed E-state index contributed by atoms with van der Waals surface area (Å²) in [6.45, 7) is 10.7. The zero-order valence-electron chi connectivity index (χ0n) is 11.8. The number of piperazine rings is 1. The van der Waals surface area contributed by atoms with Crippen molar-refractivity contribution in [2.45, 2.75) is 33.0 Å². The molecular formula is C14H25N3O. The van der Waals surface area contributed by atoms with E-state index in [1.807, 2.05) is 6.26 Å². The molecule has 0 radical (unpaired) electrons. The molecule has 0 aliphatic carbocycles. The highest BCUT2D eigenvalue weighted by atomic mass is 16.3. The van der Waals surface area contributed by atoms with Crippen LogP contribution in [0.1, 0.15) is 25.2 Å². The molecule has 1 fully saturated rings. The lowest BCUT2D eigenvalue weighted by Crippen LogP contribution is -2.49. The highest BCUT2D eigenvalue weighted by Crippen LogP contribution is 2.16. The minimum Gasteiger partial charge on any atom is -0.468 e. The first-order valence-corrected chi connectivity index (χ1v) is 6.89. The van der Waals surface area contributed by atoms with Crippen molar-refractivity contribution in [2.75, 3.05) is 33.2 Å². The number of rotatable bonds is 5. The molecule has 0 aromatic carbocycles. The number of hydrogen-bond donors (Lipinski definition) is 1. The van der Waals surface area contributed by atoms with Crippen LogP contribution in [0.15, 0.2) is 16.7 Å². The molecule has 2 heterocycles. The van der Waals surface area contributed by atoms with E-state index in [0.717, 1.165) is 45.0 Å². The monoisotopic (exact) mass is 251 g/mol. The van der Waals surface area contributed by atoms with E-state index in [-0.39, 0.29) is 0 Å². The van der Waals surface area contributed by atoms with E-state index in [1.165, 1.54) is 5.56 Å². The molecule has 0 bridgehead atoms. The van der Waals surface area contributed by atoms with E-state index in [1.54, 1.807) is 0 Å². The van der Waals surface area contributed by atoms with Crippen molar-refractivity contribution >= 4 is 0 Å². The maximum absolute atomic E-state index is 5.56. The molecule has 1 atom stereocenters. The molecule has 4 heteroatoms. The summed E-state index contributed by atoms with van der Waals surface area (Å²) in [4.78, 5) is 4.94. The third-order valence-electron chi connectivity index (χ3n) is 3.81. The van der Waals surface area contributed by atoms with Gasteiger partial charge in [-0.2, -0.15) is 0 Å². The van der Waals surface area contributed by atoms with Gasteiger partial charge in [0.15, 0.2) is 0 Å². The molecule has 1 aromatic heterocycles. The van der Waals surface area contributed by atoms with Crippen molar-refractivity contribution in [3.05, 3.63) is 23.7 Å². The van der Waals surface area contributed by atoms with Crippen molar-refractivity contribution in [2.24, 2.45) is 0 Å². The van der Waals surface area contributed by atoms with Gasteiger partial charge in [0.1, 0.15) is 5.76 Å². The second-order valence-corrected chi connectivity index (χ2v) is 5.21. The number of hydrogen-bond acceptors (Lipinski definition) is 4. The summed E-state index contributed by atoms with van der Waals surface area (Å²) in [5.41, 5.74) is 1.33. The molecule has 1 aromatic rings. The van der Waals surface area contributed by atoms with E-state index in [0.29, 0.717) is 6.04 Å². The van der Waals surface area contributed by atoms with Crippen LogP contribution < -0.4 is 5.32 Å². The maximum atomic E-state index is 5.56. The normalized spacial score (nSPS) is 22.5. The van der Waals surface area contributed by atoms with Crippen molar-refractivity contribution in [3.8, 4) is 0 Å². The van der Waals surface area contributed by atoms with Gasteiger partial charge < -0.3 is 14.6 Å². The largest absolute Gasteiger partial charge is 0.468 e. The van der Waals surface area contributed by atoms with Gasteiger partial charge in [0, 0.05) is 37.8 Å². The Balaban J connectivity index is 1.91. The minimum absolute atomic E-state index is 0.642. The van der Waals surface area contributed by atoms with Crippen LogP contribution in [0, 0.1) is 0 Å². The first kappa shape index (κ1) is 13.6. The Morgan fingerprint density at radius 1 is 1.44 bits per heavy atom. The molecule has 0 amide bonds. The van der Waals surface area contributed by atoms with E-state index in [4.69, 9.17) is 4.42 Å². The molecule has 1 saturated heterocycles. The summed E-state index contributed by atoms with van der Waals surface area (Å²) in [5.74, 6) is 1.09. The Kier molecular flexibility index (Phi) is 4.80. The molecule has 0 saturated carbocycles. The van der Waals surface area contributed by atoms with Crippen molar-refractivity contribution in [1.29, 1.82) is 0 Å². The quantitative estimate of drug-likeness (QED) is 0.860. The van der Waals surface area contributed by atoms with Crippen LogP contribution in [0.25, 0.3) is 0 Å². The van der Waals surface area contributed by atoms with Gasteiger partial charge in [-0.3, -0.25) is 4.90 Å². The molecule has 102 valence electrons. The van der Waals surface area contributed by atoms with Gasteiger partial charge in [0.05, 0.1) is 12.8 Å². The number of nitrogens with zero attached hydrogens (tertiary/aromatic N) is 2. The Hall–Kier alpha value is -0.840. The van der Waals surface area contributed by atoms with Crippen LogP contribution in [0.5, 0.6) is 0 Å². The highest BCUT2D eigenvalue weighted by molar-refractivity contribution is 5.17. The fourth-order valence-corrected chi connectivity index (χ4v) is 2.41. The Morgan fingerprint density at radius 3 is 3.00 bits per heavy atom. The van der Waals surface area contributed by atoms with Gasteiger partial charge in [-0.05, 0) is 26.6 Å². The zero-order valence-corrected chi connectivity index (χ0v) is 11.8. The van der Waals surface area contributed by atoms with Crippen molar-refractivity contribution in [3.63, 3.8) is 0 Å². The average Bonchev–Trinajstić information content (AvgIpc) is 2.79. The summed E-state index contributed by atoms with van der Waals surface area (Å²) in [6, 6.07) is 2.75. The number of furan rings is 1. The summed E-state index contributed by atoms with van der Waals surface area (Å²) in [6.07, 6.45) is 1.81. The minimum atomic E-state index is 0.642. The molecule has 2 rings (SSSR count). The van der Waals surface area contributed by atoms with Gasteiger partial charge in [-0.1, -0.05) is 6.92 Å². The topological polar surface area (TPSA) is 31.7 Å². The van der Waals surface area contributed by atoms with E-state index in [2.05, 4.69) is 42.1 Å². The van der Waals surface area contributed by atoms with Gasteiger partial charge in [-0.25, -0.2) is 0 Å². The first-order valence-electron chi connectivity index (χ1n) is 6.89. The standard InChI is InChI=1S/C14H25N3O/c1-4-15-9-14-13(5-8-18-14)11-17-7-6-16(3)12(2)10-17/h5,8,12,15H,4,6-7,9-11H2,1-3H3. The van der Waals surface area contributed by atoms with Crippen LogP contribution >= 0.6 is 0 Å². The molecule has 1 unspecified atom stereocenters. The third kappa shape index (κ3) is 3.34. The Bertz CT molecular complexity index is 364. The smallest absolute Gasteiger partial charge is 0.122 e. The second kappa shape index (κ2) is 6.36. The molecule has 18 heavy (non-hydrogen) atoms. The summed E-state index contributed by atoms with van der Waals surface area (Å²) >= 11 is 0. The van der Waals surface area contributed by atoms with Crippen LogP contribution in [0.4, 0.5) is 0 Å². The average molecular weight is 251 g/mol. The molecular weight excluding hydrogens is 226 g/mol. The van der Waals surface area contributed by atoms with Crippen molar-refractivity contribution in [1.82, 2.24) is 15.1 Å². The van der Waals surface area contributed by atoms with E-state index >= 15 is 0 Å². The second-order valence-electron chi connectivity index (χ2n) is 5.21. The van der Waals surface area contributed by atoms with Crippen LogP contribution in [-0.4, -0.2) is 49.1 Å². The van der Waals surface area contributed by atoms with Crippen LogP contribution in [0.2, 0.25) is 0 Å². The van der Waals surface area contributed by atoms with Gasteiger partial charge in [-0.15, -0.1) is 0 Å².